The molecule has 8 heteroatoms. The zero-order chi connectivity index (χ0) is 19.9. The Morgan fingerprint density at radius 1 is 1.04 bits per heavy atom. The number of carbonyl (C=O) groups is 2. The first-order chi connectivity index (χ1) is 12.8. The Labute approximate surface area is 158 Å². The number of para-hydroxylation sites is 1. The Bertz CT molecular complexity index is 911. The van der Waals surface area contributed by atoms with Crippen molar-refractivity contribution in [3.8, 4) is 0 Å². The first-order valence-electron chi connectivity index (χ1n) is 8.35. The third-order valence-corrected chi connectivity index (χ3v) is 5.28. The lowest BCUT2D eigenvalue weighted by atomic mass is 10.2. The van der Waals surface area contributed by atoms with Crippen LogP contribution in [0.3, 0.4) is 0 Å². The van der Waals surface area contributed by atoms with Gasteiger partial charge in [-0.15, -0.1) is 0 Å². The molecule has 144 valence electrons. The van der Waals surface area contributed by atoms with Gasteiger partial charge in [-0.1, -0.05) is 35.9 Å². The largest absolute Gasteiger partial charge is 0.456 e. The zero-order valence-electron chi connectivity index (χ0n) is 15.2. The van der Waals surface area contributed by atoms with Crippen LogP contribution in [0.5, 0.6) is 0 Å². The highest BCUT2D eigenvalue weighted by Gasteiger charge is 2.17. The SMILES string of the molecule is Cc1ccc(S(=O)(=O)NCCC(=O)OCC(=O)Nc2ccccc2)c(C)c1. The minimum atomic E-state index is -3.71. The Hall–Kier alpha value is -2.71. The normalized spacial score (nSPS) is 11.0. The number of sulfonamides is 1. The van der Waals surface area contributed by atoms with E-state index in [0.29, 0.717) is 11.3 Å². The molecule has 0 saturated heterocycles. The fourth-order valence-electron chi connectivity index (χ4n) is 2.40. The second-order valence-corrected chi connectivity index (χ2v) is 7.73. The molecule has 0 aliphatic carbocycles. The second-order valence-electron chi connectivity index (χ2n) is 5.99. The van der Waals surface area contributed by atoms with E-state index < -0.39 is 28.5 Å². The van der Waals surface area contributed by atoms with Gasteiger partial charge < -0.3 is 10.1 Å². The number of rotatable bonds is 8. The third kappa shape index (κ3) is 6.50. The molecule has 2 aromatic carbocycles. The molecular formula is C19H22N2O5S. The van der Waals surface area contributed by atoms with Crippen molar-refractivity contribution in [3.05, 3.63) is 59.7 Å². The quantitative estimate of drug-likeness (QED) is 0.673. The van der Waals surface area contributed by atoms with Gasteiger partial charge in [-0.3, -0.25) is 9.59 Å². The molecule has 0 aliphatic heterocycles. The number of anilines is 1. The predicted octanol–water partition coefficient (Wildman–Crippen LogP) is 2.15. The van der Waals surface area contributed by atoms with E-state index in [1.165, 1.54) is 6.07 Å². The summed E-state index contributed by atoms with van der Waals surface area (Å²) in [6, 6.07) is 13.8. The van der Waals surface area contributed by atoms with E-state index in [4.69, 9.17) is 4.74 Å². The van der Waals surface area contributed by atoms with Crippen molar-refractivity contribution in [2.75, 3.05) is 18.5 Å². The Morgan fingerprint density at radius 3 is 2.41 bits per heavy atom. The van der Waals surface area contributed by atoms with Crippen molar-refractivity contribution in [1.29, 1.82) is 0 Å². The molecule has 0 saturated carbocycles. The molecule has 0 spiro atoms. The van der Waals surface area contributed by atoms with Crippen molar-refractivity contribution in [2.24, 2.45) is 0 Å². The predicted molar refractivity (Wildman–Crippen MR) is 102 cm³/mol. The second kappa shape index (κ2) is 9.29. The Kier molecular flexibility index (Phi) is 7.09. The Morgan fingerprint density at radius 2 is 1.74 bits per heavy atom. The van der Waals surface area contributed by atoms with Gasteiger partial charge in [0.2, 0.25) is 10.0 Å². The molecule has 1 amide bonds. The molecule has 2 N–H and O–H groups in total. The average molecular weight is 390 g/mol. The van der Waals surface area contributed by atoms with Gasteiger partial charge in [-0.05, 0) is 37.6 Å². The number of hydrogen-bond donors (Lipinski definition) is 2. The number of ether oxygens (including phenoxy) is 1. The minimum Gasteiger partial charge on any atom is -0.456 e. The maximum atomic E-state index is 12.3. The maximum absolute atomic E-state index is 12.3. The molecule has 0 atom stereocenters. The lowest BCUT2D eigenvalue weighted by molar-refractivity contribution is -0.147. The van der Waals surface area contributed by atoms with Crippen LogP contribution in [0.2, 0.25) is 0 Å². The van der Waals surface area contributed by atoms with Gasteiger partial charge in [0.05, 0.1) is 11.3 Å². The van der Waals surface area contributed by atoms with E-state index in [-0.39, 0.29) is 17.9 Å². The summed E-state index contributed by atoms with van der Waals surface area (Å²) >= 11 is 0. The lowest BCUT2D eigenvalue weighted by Gasteiger charge is -2.10. The van der Waals surface area contributed by atoms with Crippen molar-refractivity contribution < 1.29 is 22.7 Å². The van der Waals surface area contributed by atoms with Gasteiger partial charge in [0.15, 0.2) is 6.61 Å². The van der Waals surface area contributed by atoms with Crippen LogP contribution in [0.4, 0.5) is 5.69 Å². The van der Waals surface area contributed by atoms with Crippen molar-refractivity contribution in [3.63, 3.8) is 0 Å². The fraction of sp³-hybridized carbons (Fsp3) is 0.263. The van der Waals surface area contributed by atoms with Crippen molar-refractivity contribution in [1.82, 2.24) is 4.72 Å². The summed E-state index contributed by atoms with van der Waals surface area (Å²) in [4.78, 5) is 23.6. The monoisotopic (exact) mass is 390 g/mol. The zero-order valence-corrected chi connectivity index (χ0v) is 16.0. The average Bonchev–Trinajstić information content (AvgIpc) is 2.60. The van der Waals surface area contributed by atoms with Crippen LogP contribution in [-0.4, -0.2) is 33.4 Å². The minimum absolute atomic E-state index is 0.116. The maximum Gasteiger partial charge on any atom is 0.307 e. The van der Waals surface area contributed by atoms with E-state index >= 15 is 0 Å². The van der Waals surface area contributed by atoms with Crippen LogP contribution >= 0.6 is 0 Å². The number of carbonyl (C=O) groups excluding carboxylic acids is 2. The molecule has 7 nitrogen and oxygen atoms in total. The number of benzene rings is 2. The molecule has 0 heterocycles. The number of amides is 1. The number of esters is 1. The molecular weight excluding hydrogens is 368 g/mol. The van der Waals surface area contributed by atoms with E-state index in [1.807, 2.05) is 13.0 Å². The summed E-state index contributed by atoms with van der Waals surface area (Å²) < 4.78 is 31.8. The summed E-state index contributed by atoms with van der Waals surface area (Å²) in [5.74, 6) is -1.13. The number of aryl methyl sites for hydroxylation is 2. The summed E-state index contributed by atoms with van der Waals surface area (Å²) in [6.07, 6.45) is -0.178. The van der Waals surface area contributed by atoms with Gasteiger partial charge in [0.1, 0.15) is 0 Å². The molecule has 0 radical (unpaired) electrons. The molecule has 0 aromatic heterocycles. The van der Waals surface area contributed by atoms with Gasteiger partial charge in [-0.2, -0.15) is 0 Å². The highest BCUT2D eigenvalue weighted by atomic mass is 32.2. The van der Waals surface area contributed by atoms with Crippen molar-refractivity contribution in [2.45, 2.75) is 25.2 Å². The Balaban J connectivity index is 1.76. The van der Waals surface area contributed by atoms with Crippen molar-refractivity contribution >= 4 is 27.6 Å². The molecule has 27 heavy (non-hydrogen) atoms. The molecule has 2 aromatic rings. The smallest absolute Gasteiger partial charge is 0.307 e. The van der Waals surface area contributed by atoms with E-state index in [0.717, 1.165) is 5.56 Å². The van der Waals surface area contributed by atoms with Crippen LogP contribution in [0.15, 0.2) is 53.4 Å². The van der Waals surface area contributed by atoms with Gasteiger partial charge in [0, 0.05) is 12.2 Å². The number of hydrogen-bond acceptors (Lipinski definition) is 5. The highest BCUT2D eigenvalue weighted by molar-refractivity contribution is 7.89. The summed E-state index contributed by atoms with van der Waals surface area (Å²) in [5.41, 5.74) is 2.19. The highest BCUT2D eigenvalue weighted by Crippen LogP contribution is 2.16. The molecule has 0 fully saturated rings. The van der Waals surface area contributed by atoms with E-state index in [9.17, 15) is 18.0 Å². The first kappa shape index (κ1) is 20.6. The lowest BCUT2D eigenvalue weighted by Crippen LogP contribution is -2.28. The van der Waals surface area contributed by atoms with Gasteiger partial charge >= 0.3 is 5.97 Å². The fourth-order valence-corrected chi connectivity index (χ4v) is 3.66. The molecule has 0 bridgehead atoms. The number of nitrogens with one attached hydrogen (secondary N) is 2. The molecule has 0 unspecified atom stereocenters. The van der Waals surface area contributed by atoms with E-state index in [1.54, 1.807) is 43.3 Å². The summed E-state index contributed by atoms with van der Waals surface area (Å²) in [7, 11) is -3.71. The summed E-state index contributed by atoms with van der Waals surface area (Å²) in [5, 5.41) is 2.58. The van der Waals surface area contributed by atoms with Gasteiger partial charge in [0.25, 0.3) is 5.91 Å². The van der Waals surface area contributed by atoms with Crippen LogP contribution in [0.1, 0.15) is 17.5 Å². The third-order valence-electron chi connectivity index (χ3n) is 3.66. The van der Waals surface area contributed by atoms with Gasteiger partial charge in [-0.25, -0.2) is 13.1 Å². The first-order valence-corrected chi connectivity index (χ1v) is 9.84. The van der Waals surface area contributed by atoms with Crippen LogP contribution in [0.25, 0.3) is 0 Å². The molecule has 2 rings (SSSR count). The topological polar surface area (TPSA) is 102 Å². The van der Waals surface area contributed by atoms with Crippen LogP contribution in [-0.2, 0) is 24.3 Å². The summed E-state index contributed by atoms with van der Waals surface area (Å²) in [6.45, 7) is 3.04. The molecule has 0 aliphatic rings. The van der Waals surface area contributed by atoms with Crippen LogP contribution < -0.4 is 10.0 Å². The van der Waals surface area contributed by atoms with E-state index in [2.05, 4.69) is 10.0 Å². The standard InChI is InChI=1S/C19H22N2O5S/c1-14-8-9-17(15(2)12-14)27(24,25)20-11-10-19(23)26-13-18(22)21-16-6-4-3-5-7-16/h3-9,12,20H,10-11,13H2,1-2H3,(H,21,22). The van der Waals surface area contributed by atoms with Crippen LogP contribution in [0, 0.1) is 13.8 Å².